The van der Waals surface area contributed by atoms with Crippen molar-refractivity contribution in [2.24, 2.45) is 0 Å². The highest BCUT2D eigenvalue weighted by Crippen LogP contribution is 2.36. The zero-order valence-electron chi connectivity index (χ0n) is 10.5. The van der Waals surface area contributed by atoms with Crippen LogP contribution in [0, 0.1) is 0 Å². The summed E-state index contributed by atoms with van der Waals surface area (Å²) in [7, 11) is 0. The molecule has 1 aliphatic rings. The molecule has 1 fully saturated rings. The fourth-order valence-corrected chi connectivity index (χ4v) is 4.10. The predicted molar refractivity (Wildman–Crippen MR) is 83.4 cm³/mol. The third-order valence-corrected chi connectivity index (χ3v) is 5.00. The van der Waals surface area contributed by atoms with Crippen molar-refractivity contribution in [2.75, 3.05) is 0 Å². The van der Waals surface area contributed by atoms with E-state index >= 15 is 0 Å². The SMILES string of the molecule is Clc1cc(Cl)cc(-c2nc(C3CCCCC3)cs2)c1. The summed E-state index contributed by atoms with van der Waals surface area (Å²) in [6, 6.07) is 5.61. The Labute approximate surface area is 127 Å². The van der Waals surface area contributed by atoms with Gasteiger partial charge in [0.1, 0.15) is 5.01 Å². The number of rotatable bonds is 2. The van der Waals surface area contributed by atoms with Crippen LogP contribution in [0.25, 0.3) is 10.6 Å². The van der Waals surface area contributed by atoms with Crippen LogP contribution in [0.5, 0.6) is 0 Å². The van der Waals surface area contributed by atoms with Crippen molar-refractivity contribution in [3.05, 3.63) is 39.3 Å². The summed E-state index contributed by atoms with van der Waals surface area (Å²) in [4.78, 5) is 4.79. The van der Waals surface area contributed by atoms with Crippen LogP contribution >= 0.6 is 34.5 Å². The van der Waals surface area contributed by atoms with Gasteiger partial charge in [-0.1, -0.05) is 42.5 Å². The van der Waals surface area contributed by atoms with E-state index in [2.05, 4.69) is 5.38 Å². The molecule has 1 nitrogen and oxygen atoms in total. The Kier molecular flexibility index (Phi) is 4.11. The summed E-state index contributed by atoms with van der Waals surface area (Å²) < 4.78 is 0. The van der Waals surface area contributed by atoms with E-state index in [9.17, 15) is 0 Å². The summed E-state index contributed by atoms with van der Waals surface area (Å²) in [5.41, 5.74) is 2.26. The summed E-state index contributed by atoms with van der Waals surface area (Å²) in [6.45, 7) is 0. The van der Waals surface area contributed by atoms with Crippen LogP contribution in [-0.4, -0.2) is 4.98 Å². The quantitative estimate of drug-likeness (QED) is 0.646. The molecule has 0 spiro atoms. The van der Waals surface area contributed by atoms with Gasteiger partial charge in [0.25, 0.3) is 0 Å². The first-order valence-corrected chi connectivity index (χ1v) is 8.28. The molecule has 1 aliphatic carbocycles. The molecule has 19 heavy (non-hydrogen) atoms. The van der Waals surface area contributed by atoms with Crippen molar-refractivity contribution in [2.45, 2.75) is 38.0 Å². The van der Waals surface area contributed by atoms with E-state index in [0.717, 1.165) is 10.6 Å². The zero-order chi connectivity index (χ0) is 13.2. The van der Waals surface area contributed by atoms with Gasteiger partial charge in [0.15, 0.2) is 0 Å². The molecule has 1 aromatic carbocycles. The molecular formula is C15H15Cl2NS. The number of hydrogen-bond acceptors (Lipinski definition) is 2. The maximum absolute atomic E-state index is 6.05. The third-order valence-electron chi connectivity index (χ3n) is 3.65. The van der Waals surface area contributed by atoms with Gasteiger partial charge in [-0.2, -0.15) is 0 Å². The Morgan fingerprint density at radius 3 is 2.37 bits per heavy atom. The first-order chi connectivity index (χ1) is 9.22. The van der Waals surface area contributed by atoms with Crippen LogP contribution in [0.15, 0.2) is 23.6 Å². The molecule has 1 aromatic heterocycles. The van der Waals surface area contributed by atoms with Crippen molar-refractivity contribution in [3.63, 3.8) is 0 Å². The Morgan fingerprint density at radius 2 is 1.68 bits per heavy atom. The van der Waals surface area contributed by atoms with Gasteiger partial charge in [-0.3, -0.25) is 0 Å². The second-order valence-electron chi connectivity index (χ2n) is 5.07. The second kappa shape index (κ2) is 5.82. The van der Waals surface area contributed by atoms with Crippen molar-refractivity contribution in [1.29, 1.82) is 0 Å². The number of thiazole rings is 1. The van der Waals surface area contributed by atoms with E-state index < -0.39 is 0 Å². The van der Waals surface area contributed by atoms with Gasteiger partial charge in [0.05, 0.1) is 5.69 Å². The van der Waals surface area contributed by atoms with Crippen LogP contribution < -0.4 is 0 Å². The number of benzene rings is 1. The van der Waals surface area contributed by atoms with E-state index in [0.29, 0.717) is 16.0 Å². The molecule has 0 amide bonds. The molecule has 2 aromatic rings. The Bertz CT molecular complexity index is 553. The Balaban J connectivity index is 1.87. The average Bonchev–Trinajstić information content (AvgIpc) is 2.88. The highest BCUT2D eigenvalue weighted by Gasteiger charge is 2.18. The average molecular weight is 312 g/mol. The standard InChI is InChI=1S/C15H15Cl2NS/c16-12-6-11(7-13(17)8-12)15-18-14(9-19-15)10-4-2-1-3-5-10/h6-10H,1-5H2. The molecule has 0 saturated heterocycles. The highest BCUT2D eigenvalue weighted by atomic mass is 35.5. The molecule has 100 valence electrons. The van der Waals surface area contributed by atoms with Gasteiger partial charge < -0.3 is 0 Å². The Morgan fingerprint density at radius 1 is 1.00 bits per heavy atom. The van der Waals surface area contributed by atoms with Gasteiger partial charge in [-0.05, 0) is 31.0 Å². The summed E-state index contributed by atoms with van der Waals surface area (Å²) in [5, 5.41) is 4.54. The van der Waals surface area contributed by atoms with Gasteiger partial charge >= 0.3 is 0 Å². The van der Waals surface area contributed by atoms with Crippen molar-refractivity contribution < 1.29 is 0 Å². The maximum Gasteiger partial charge on any atom is 0.123 e. The maximum atomic E-state index is 6.05. The summed E-state index contributed by atoms with van der Waals surface area (Å²) in [6.07, 6.45) is 6.59. The van der Waals surface area contributed by atoms with Gasteiger partial charge in [-0.25, -0.2) is 4.98 Å². The monoisotopic (exact) mass is 311 g/mol. The van der Waals surface area contributed by atoms with Crippen LogP contribution in [0.1, 0.15) is 43.7 Å². The first kappa shape index (κ1) is 13.4. The number of halogens is 2. The third kappa shape index (κ3) is 3.13. The predicted octanol–water partition coefficient (Wildman–Crippen LogP) is 6.16. The molecule has 0 unspecified atom stereocenters. The number of aromatic nitrogens is 1. The minimum atomic E-state index is 0.647. The lowest BCUT2D eigenvalue weighted by Gasteiger charge is -2.19. The van der Waals surface area contributed by atoms with E-state index in [-0.39, 0.29) is 0 Å². The number of nitrogens with zero attached hydrogens (tertiary/aromatic N) is 1. The fourth-order valence-electron chi connectivity index (χ4n) is 2.68. The van der Waals surface area contributed by atoms with Crippen molar-refractivity contribution in [3.8, 4) is 10.6 Å². The van der Waals surface area contributed by atoms with Crippen LogP contribution in [0.2, 0.25) is 10.0 Å². The van der Waals surface area contributed by atoms with Crippen molar-refractivity contribution >= 4 is 34.5 Å². The lowest BCUT2D eigenvalue weighted by atomic mass is 9.87. The topological polar surface area (TPSA) is 12.9 Å². The molecule has 3 rings (SSSR count). The molecule has 1 saturated carbocycles. The minimum absolute atomic E-state index is 0.647. The number of hydrogen-bond donors (Lipinski definition) is 0. The zero-order valence-corrected chi connectivity index (χ0v) is 12.9. The smallest absolute Gasteiger partial charge is 0.123 e. The summed E-state index contributed by atoms with van der Waals surface area (Å²) >= 11 is 13.8. The normalized spacial score (nSPS) is 16.7. The molecule has 0 bridgehead atoms. The van der Waals surface area contributed by atoms with E-state index in [1.54, 1.807) is 17.4 Å². The molecule has 0 atom stereocenters. The molecular weight excluding hydrogens is 297 g/mol. The largest absolute Gasteiger partial charge is 0.241 e. The van der Waals surface area contributed by atoms with Crippen LogP contribution in [0.3, 0.4) is 0 Å². The minimum Gasteiger partial charge on any atom is -0.241 e. The second-order valence-corrected chi connectivity index (χ2v) is 6.80. The van der Waals surface area contributed by atoms with Crippen molar-refractivity contribution in [1.82, 2.24) is 4.98 Å². The lowest BCUT2D eigenvalue weighted by molar-refractivity contribution is 0.438. The first-order valence-electron chi connectivity index (χ1n) is 6.64. The van der Waals surface area contributed by atoms with Gasteiger partial charge in [0, 0.05) is 26.9 Å². The van der Waals surface area contributed by atoms with Gasteiger partial charge in [0.2, 0.25) is 0 Å². The molecule has 0 N–H and O–H groups in total. The van der Waals surface area contributed by atoms with Crippen LogP contribution in [-0.2, 0) is 0 Å². The molecule has 1 heterocycles. The lowest BCUT2D eigenvalue weighted by Crippen LogP contribution is -2.04. The van der Waals surface area contributed by atoms with Crippen LogP contribution in [0.4, 0.5) is 0 Å². The fraction of sp³-hybridized carbons (Fsp3) is 0.400. The van der Waals surface area contributed by atoms with E-state index in [1.807, 2.05) is 12.1 Å². The molecule has 0 aliphatic heterocycles. The summed E-state index contributed by atoms with van der Waals surface area (Å²) in [5.74, 6) is 0.647. The van der Waals surface area contributed by atoms with E-state index in [4.69, 9.17) is 28.2 Å². The molecule has 4 heteroatoms. The van der Waals surface area contributed by atoms with Gasteiger partial charge in [-0.15, -0.1) is 11.3 Å². The Hall–Kier alpha value is -0.570. The van der Waals surface area contributed by atoms with E-state index in [1.165, 1.54) is 37.8 Å². The molecule has 0 radical (unpaired) electrons. The highest BCUT2D eigenvalue weighted by molar-refractivity contribution is 7.13.